The lowest BCUT2D eigenvalue weighted by Gasteiger charge is -2.24. The second kappa shape index (κ2) is 14.5. The highest BCUT2D eigenvalue weighted by molar-refractivity contribution is 7.98. The maximum absolute atomic E-state index is 12.7. The first-order valence-corrected chi connectivity index (χ1v) is 11.4. The predicted octanol–water partition coefficient (Wildman–Crippen LogP) is -1.63. The van der Waals surface area contributed by atoms with Crippen LogP contribution < -0.4 is 21.7 Å². The van der Waals surface area contributed by atoms with Gasteiger partial charge < -0.3 is 31.9 Å². The molecule has 0 rings (SSSR count). The Labute approximate surface area is 173 Å². The van der Waals surface area contributed by atoms with E-state index in [1.165, 1.54) is 30.4 Å². The van der Waals surface area contributed by atoms with Gasteiger partial charge in [-0.05, 0) is 43.8 Å². The van der Waals surface area contributed by atoms with Crippen LogP contribution in [-0.2, 0) is 19.2 Å². The summed E-state index contributed by atoms with van der Waals surface area (Å²) in [6.45, 7) is 0.812. The van der Waals surface area contributed by atoms with Gasteiger partial charge in [0.25, 0.3) is 0 Å². The molecule has 0 radical (unpaired) electrons. The van der Waals surface area contributed by atoms with Gasteiger partial charge in [0.1, 0.15) is 24.7 Å². The van der Waals surface area contributed by atoms with Crippen molar-refractivity contribution in [2.45, 2.75) is 44.0 Å². The summed E-state index contributed by atoms with van der Waals surface area (Å²) in [5.74, 6) is -1.91. The maximum atomic E-state index is 12.7. The normalized spacial score (nSPS) is 15.0. The summed E-state index contributed by atoms with van der Waals surface area (Å²) in [5, 5.41) is 25.5. The van der Waals surface area contributed by atoms with Crippen molar-refractivity contribution in [3.8, 4) is 0 Å². The molecule has 3 amide bonds. The van der Waals surface area contributed by atoms with Crippen LogP contribution in [0.1, 0.15) is 19.8 Å². The standard InChI is InChI=1S/C16H30N4O6S2/c1-9(21)13(17)16(26)20-11(5-7-28-3)15(25)19-10(4-6-27-2)14(24)18-8-12(22)23/h9-11,13,21H,4-8,17H2,1-3H3,(H,18,24)(H,19,25)(H,20,26)(H,22,23). The minimum atomic E-state index is -1.19. The molecule has 0 saturated heterocycles. The van der Waals surface area contributed by atoms with Gasteiger partial charge in [-0.3, -0.25) is 19.2 Å². The van der Waals surface area contributed by atoms with Gasteiger partial charge in [0.2, 0.25) is 17.7 Å². The number of hydrogen-bond donors (Lipinski definition) is 6. The van der Waals surface area contributed by atoms with E-state index < -0.39 is 54.5 Å². The third-order valence-electron chi connectivity index (χ3n) is 3.72. The zero-order chi connectivity index (χ0) is 21.7. The summed E-state index contributed by atoms with van der Waals surface area (Å²) in [5.41, 5.74) is 5.60. The number of nitrogens with one attached hydrogen (secondary N) is 3. The Balaban J connectivity index is 5.13. The predicted molar refractivity (Wildman–Crippen MR) is 110 cm³/mol. The first-order chi connectivity index (χ1) is 13.1. The van der Waals surface area contributed by atoms with Crippen LogP contribution in [0.2, 0.25) is 0 Å². The van der Waals surface area contributed by atoms with E-state index in [0.29, 0.717) is 24.3 Å². The molecule has 162 valence electrons. The third kappa shape index (κ3) is 10.7. The number of nitrogens with two attached hydrogens (primary N) is 1. The van der Waals surface area contributed by atoms with Crippen molar-refractivity contribution in [1.29, 1.82) is 0 Å². The number of aliphatic hydroxyl groups is 1. The lowest BCUT2D eigenvalue weighted by molar-refractivity contribution is -0.138. The molecule has 0 aromatic heterocycles. The van der Waals surface area contributed by atoms with Crippen molar-refractivity contribution < 1.29 is 29.4 Å². The monoisotopic (exact) mass is 438 g/mol. The van der Waals surface area contributed by atoms with Crippen molar-refractivity contribution >= 4 is 47.2 Å². The van der Waals surface area contributed by atoms with Gasteiger partial charge in [-0.15, -0.1) is 0 Å². The summed E-state index contributed by atoms with van der Waals surface area (Å²) >= 11 is 2.95. The number of aliphatic carboxylic acids is 1. The van der Waals surface area contributed by atoms with Gasteiger partial charge >= 0.3 is 5.97 Å². The first-order valence-electron chi connectivity index (χ1n) is 8.65. The van der Waals surface area contributed by atoms with Gasteiger partial charge in [-0.2, -0.15) is 23.5 Å². The highest BCUT2D eigenvalue weighted by Gasteiger charge is 2.28. The molecule has 28 heavy (non-hydrogen) atoms. The molecule has 0 aromatic carbocycles. The van der Waals surface area contributed by atoms with E-state index in [-0.39, 0.29) is 0 Å². The van der Waals surface area contributed by atoms with Crippen LogP contribution >= 0.6 is 23.5 Å². The number of hydrogen-bond acceptors (Lipinski definition) is 8. The number of aliphatic hydroxyl groups excluding tert-OH is 1. The van der Waals surface area contributed by atoms with E-state index in [9.17, 15) is 24.3 Å². The van der Waals surface area contributed by atoms with Crippen LogP contribution in [-0.4, -0.2) is 88.7 Å². The van der Waals surface area contributed by atoms with Gasteiger partial charge in [-0.1, -0.05) is 0 Å². The third-order valence-corrected chi connectivity index (χ3v) is 5.01. The van der Waals surface area contributed by atoms with Crippen LogP contribution in [0.5, 0.6) is 0 Å². The fourth-order valence-electron chi connectivity index (χ4n) is 2.05. The molecule has 0 spiro atoms. The summed E-state index contributed by atoms with van der Waals surface area (Å²) in [7, 11) is 0. The molecule has 0 aliphatic heterocycles. The van der Waals surface area contributed by atoms with E-state index >= 15 is 0 Å². The van der Waals surface area contributed by atoms with Crippen LogP contribution in [0, 0.1) is 0 Å². The molecule has 0 fully saturated rings. The summed E-state index contributed by atoms with van der Waals surface area (Å²) in [6, 6.07) is -3.05. The summed E-state index contributed by atoms with van der Waals surface area (Å²) in [6.07, 6.45) is 3.21. The zero-order valence-electron chi connectivity index (χ0n) is 16.3. The second-order valence-corrected chi connectivity index (χ2v) is 8.03. The average molecular weight is 439 g/mol. The molecule has 7 N–H and O–H groups in total. The van der Waals surface area contributed by atoms with Crippen molar-refractivity contribution in [3.63, 3.8) is 0 Å². The molecule has 0 saturated carbocycles. The maximum Gasteiger partial charge on any atom is 0.322 e. The number of thioether (sulfide) groups is 2. The van der Waals surface area contributed by atoms with Crippen LogP contribution in [0.3, 0.4) is 0 Å². The molecule has 4 unspecified atom stereocenters. The largest absolute Gasteiger partial charge is 0.480 e. The Morgan fingerprint density at radius 1 is 0.929 bits per heavy atom. The van der Waals surface area contributed by atoms with E-state index in [1.54, 1.807) is 0 Å². The Kier molecular flexibility index (Phi) is 13.7. The molecule has 0 heterocycles. The van der Waals surface area contributed by atoms with Crippen molar-refractivity contribution in [2.75, 3.05) is 30.6 Å². The number of rotatable bonds is 14. The van der Waals surface area contributed by atoms with Crippen molar-refractivity contribution in [3.05, 3.63) is 0 Å². The fourth-order valence-corrected chi connectivity index (χ4v) is 3.00. The smallest absolute Gasteiger partial charge is 0.322 e. The van der Waals surface area contributed by atoms with E-state index in [2.05, 4.69) is 16.0 Å². The second-order valence-electron chi connectivity index (χ2n) is 6.06. The lowest BCUT2D eigenvalue weighted by Crippen LogP contribution is -2.57. The van der Waals surface area contributed by atoms with Gasteiger partial charge in [-0.25, -0.2) is 0 Å². The zero-order valence-corrected chi connectivity index (χ0v) is 17.9. The Bertz CT molecular complexity index is 535. The number of carboxylic acids is 1. The highest BCUT2D eigenvalue weighted by atomic mass is 32.2. The van der Waals surface area contributed by atoms with Crippen molar-refractivity contribution in [2.24, 2.45) is 5.73 Å². The molecular formula is C16H30N4O6S2. The quantitative estimate of drug-likeness (QED) is 0.186. The minimum Gasteiger partial charge on any atom is -0.480 e. The first kappa shape index (κ1) is 26.5. The van der Waals surface area contributed by atoms with E-state index in [4.69, 9.17) is 10.8 Å². The average Bonchev–Trinajstić information content (AvgIpc) is 2.64. The molecule has 0 aromatic rings. The van der Waals surface area contributed by atoms with Gasteiger partial charge in [0.05, 0.1) is 6.10 Å². The van der Waals surface area contributed by atoms with Crippen LogP contribution in [0.25, 0.3) is 0 Å². The minimum absolute atomic E-state index is 0.300. The topological polar surface area (TPSA) is 171 Å². The number of amides is 3. The molecule has 0 bridgehead atoms. The Morgan fingerprint density at radius 3 is 1.82 bits per heavy atom. The van der Waals surface area contributed by atoms with Gasteiger partial charge in [0, 0.05) is 0 Å². The lowest BCUT2D eigenvalue weighted by atomic mass is 10.1. The van der Waals surface area contributed by atoms with Gasteiger partial charge in [0.15, 0.2) is 0 Å². The van der Waals surface area contributed by atoms with E-state index in [1.807, 2.05) is 12.5 Å². The number of carboxylic acid groups (broad SMARTS) is 1. The van der Waals surface area contributed by atoms with Crippen LogP contribution in [0.15, 0.2) is 0 Å². The summed E-state index contributed by atoms with van der Waals surface area (Å²) in [4.78, 5) is 47.6. The molecule has 0 aliphatic rings. The molecule has 12 heteroatoms. The molecule has 10 nitrogen and oxygen atoms in total. The Hall–Kier alpha value is -1.50. The highest BCUT2D eigenvalue weighted by Crippen LogP contribution is 2.05. The fraction of sp³-hybridized carbons (Fsp3) is 0.750. The summed E-state index contributed by atoms with van der Waals surface area (Å²) < 4.78 is 0. The van der Waals surface area contributed by atoms with Crippen molar-refractivity contribution in [1.82, 2.24) is 16.0 Å². The van der Waals surface area contributed by atoms with E-state index in [0.717, 1.165) is 0 Å². The SMILES string of the molecule is CSCCC(NC(=O)C(CCSC)NC(=O)C(N)C(C)O)C(=O)NCC(=O)O. The molecular weight excluding hydrogens is 408 g/mol. The number of carbonyl (C=O) groups excluding carboxylic acids is 3. The van der Waals surface area contributed by atoms with Crippen LogP contribution in [0.4, 0.5) is 0 Å². The number of carbonyl (C=O) groups is 4. The Morgan fingerprint density at radius 2 is 1.39 bits per heavy atom. The molecule has 4 atom stereocenters. The molecule has 0 aliphatic carbocycles.